The molecular formula is C22H25NO2. The second kappa shape index (κ2) is 8.63. The van der Waals surface area contributed by atoms with Gasteiger partial charge in [-0.1, -0.05) is 66.7 Å². The van der Waals surface area contributed by atoms with Crippen LogP contribution in [0.25, 0.3) is 5.57 Å². The van der Waals surface area contributed by atoms with Crippen molar-refractivity contribution in [1.82, 2.24) is 4.90 Å². The first-order chi connectivity index (χ1) is 12.2. The van der Waals surface area contributed by atoms with Crippen LogP contribution in [0.15, 0.2) is 66.7 Å². The van der Waals surface area contributed by atoms with Crippen molar-refractivity contribution in [2.45, 2.75) is 31.7 Å². The van der Waals surface area contributed by atoms with Crippen LogP contribution in [0.3, 0.4) is 0 Å². The van der Waals surface area contributed by atoms with Gasteiger partial charge in [-0.05, 0) is 42.5 Å². The lowest BCUT2D eigenvalue weighted by Gasteiger charge is -2.22. The summed E-state index contributed by atoms with van der Waals surface area (Å²) in [7, 11) is 0. The van der Waals surface area contributed by atoms with E-state index in [0.29, 0.717) is 0 Å². The van der Waals surface area contributed by atoms with Crippen molar-refractivity contribution in [1.29, 1.82) is 0 Å². The Kier molecular flexibility index (Phi) is 6.02. The average molecular weight is 335 g/mol. The largest absolute Gasteiger partial charge is 0.481 e. The molecule has 0 aromatic heterocycles. The standard InChI is InChI=1S/C22H25NO2/c24-22(25)17-20-13-7-15-23(20)16-8-14-21(18-9-3-1-4-10-18)19-11-5-2-6-12-19/h1-6,9-12,14,20H,7-8,13,15-17H2,(H,24,25)/t20-/m1/s1. The first-order valence-corrected chi connectivity index (χ1v) is 9.01. The minimum atomic E-state index is -0.693. The van der Waals surface area contributed by atoms with Crippen molar-refractivity contribution in [2.24, 2.45) is 0 Å². The Morgan fingerprint density at radius 1 is 1.04 bits per heavy atom. The zero-order chi connectivity index (χ0) is 17.5. The maximum Gasteiger partial charge on any atom is 0.304 e. The van der Waals surface area contributed by atoms with Gasteiger partial charge in [0.05, 0.1) is 6.42 Å². The van der Waals surface area contributed by atoms with Gasteiger partial charge < -0.3 is 5.11 Å². The number of hydrogen-bond donors (Lipinski definition) is 1. The normalized spacial score (nSPS) is 17.4. The molecule has 0 aliphatic carbocycles. The molecule has 0 amide bonds. The molecule has 2 aromatic rings. The molecule has 3 nitrogen and oxygen atoms in total. The molecule has 1 fully saturated rings. The third-order valence-corrected chi connectivity index (χ3v) is 4.84. The van der Waals surface area contributed by atoms with Crippen LogP contribution in [0.1, 0.15) is 36.8 Å². The van der Waals surface area contributed by atoms with E-state index in [1.807, 2.05) is 12.1 Å². The molecule has 1 heterocycles. The van der Waals surface area contributed by atoms with E-state index < -0.39 is 5.97 Å². The van der Waals surface area contributed by atoms with Gasteiger partial charge in [-0.3, -0.25) is 9.69 Å². The molecule has 1 saturated heterocycles. The van der Waals surface area contributed by atoms with Gasteiger partial charge in [0, 0.05) is 12.6 Å². The number of carboxylic acid groups (broad SMARTS) is 1. The first-order valence-electron chi connectivity index (χ1n) is 9.01. The van der Waals surface area contributed by atoms with Crippen LogP contribution in [0.4, 0.5) is 0 Å². The summed E-state index contributed by atoms with van der Waals surface area (Å²) in [5.41, 5.74) is 3.68. The van der Waals surface area contributed by atoms with Crippen molar-refractivity contribution in [3.63, 3.8) is 0 Å². The van der Waals surface area contributed by atoms with Crippen LogP contribution in [-0.2, 0) is 4.79 Å². The summed E-state index contributed by atoms with van der Waals surface area (Å²) in [6, 6.07) is 21.1. The summed E-state index contributed by atoms with van der Waals surface area (Å²) < 4.78 is 0. The third kappa shape index (κ3) is 4.80. The van der Waals surface area contributed by atoms with E-state index in [4.69, 9.17) is 5.11 Å². The molecule has 1 aliphatic rings. The highest BCUT2D eigenvalue weighted by Crippen LogP contribution is 2.25. The molecule has 0 bridgehead atoms. The summed E-state index contributed by atoms with van der Waals surface area (Å²) >= 11 is 0. The molecule has 3 heteroatoms. The number of hydrogen-bond acceptors (Lipinski definition) is 2. The summed E-state index contributed by atoms with van der Waals surface area (Å²) in [6.07, 6.45) is 5.58. The fraction of sp³-hybridized carbons (Fsp3) is 0.318. The van der Waals surface area contributed by atoms with Gasteiger partial charge >= 0.3 is 5.97 Å². The molecule has 0 saturated carbocycles. The highest BCUT2D eigenvalue weighted by Gasteiger charge is 2.25. The smallest absolute Gasteiger partial charge is 0.304 e. The highest BCUT2D eigenvalue weighted by atomic mass is 16.4. The Balaban J connectivity index is 1.72. The van der Waals surface area contributed by atoms with Gasteiger partial charge in [-0.15, -0.1) is 0 Å². The molecule has 0 unspecified atom stereocenters. The molecule has 1 N–H and O–H groups in total. The van der Waals surface area contributed by atoms with Gasteiger partial charge in [0.1, 0.15) is 0 Å². The number of nitrogens with zero attached hydrogens (tertiary/aromatic N) is 1. The van der Waals surface area contributed by atoms with Crippen molar-refractivity contribution in [2.75, 3.05) is 13.1 Å². The van der Waals surface area contributed by atoms with E-state index in [9.17, 15) is 4.79 Å². The maximum absolute atomic E-state index is 11.0. The minimum Gasteiger partial charge on any atom is -0.481 e. The van der Waals surface area contributed by atoms with Gasteiger partial charge in [0.2, 0.25) is 0 Å². The van der Waals surface area contributed by atoms with Crippen LogP contribution < -0.4 is 0 Å². The van der Waals surface area contributed by atoms with Gasteiger partial charge in [0.15, 0.2) is 0 Å². The van der Waals surface area contributed by atoms with Gasteiger partial charge in [-0.2, -0.15) is 0 Å². The number of carboxylic acids is 1. The number of rotatable bonds is 7. The molecule has 1 aliphatic heterocycles. The summed E-state index contributed by atoms with van der Waals surface area (Å²) in [5, 5.41) is 9.06. The van der Waals surface area contributed by atoms with Crippen molar-refractivity contribution >= 4 is 11.5 Å². The zero-order valence-corrected chi connectivity index (χ0v) is 14.5. The van der Waals surface area contributed by atoms with Crippen molar-refractivity contribution in [3.05, 3.63) is 77.9 Å². The number of aliphatic carboxylic acids is 1. The van der Waals surface area contributed by atoms with Crippen LogP contribution in [0.5, 0.6) is 0 Å². The third-order valence-electron chi connectivity index (χ3n) is 4.84. The Bertz CT molecular complexity index is 668. The average Bonchev–Trinajstić information content (AvgIpc) is 3.06. The van der Waals surface area contributed by atoms with E-state index in [2.05, 4.69) is 59.5 Å². The lowest BCUT2D eigenvalue weighted by molar-refractivity contribution is -0.138. The number of carbonyl (C=O) groups is 1. The zero-order valence-electron chi connectivity index (χ0n) is 14.5. The Labute approximate surface area is 149 Å². The van der Waals surface area contributed by atoms with E-state index in [-0.39, 0.29) is 12.5 Å². The Morgan fingerprint density at radius 3 is 2.20 bits per heavy atom. The Hall–Kier alpha value is -2.39. The second-order valence-corrected chi connectivity index (χ2v) is 6.57. The first kappa shape index (κ1) is 17.4. The summed E-state index contributed by atoms with van der Waals surface area (Å²) in [4.78, 5) is 13.3. The summed E-state index contributed by atoms with van der Waals surface area (Å²) in [5.74, 6) is -0.693. The number of benzene rings is 2. The fourth-order valence-corrected chi connectivity index (χ4v) is 3.63. The van der Waals surface area contributed by atoms with Crippen LogP contribution in [0, 0.1) is 0 Å². The maximum atomic E-state index is 11.0. The second-order valence-electron chi connectivity index (χ2n) is 6.57. The van der Waals surface area contributed by atoms with Crippen molar-refractivity contribution in [3.8, 4) is 0 Å². The lowest BCUT2D eigenvalue weighted by Crippen LogP contribution is -2.32. The highest BCUT2D eigenvalue weighted by molar-refractivity contribution is 5.79. The predicted octanol–water partition coefficient (Wildman–Crippen LogP) is 4.45. The van der Waals surface area contributed by atoms with Crippen LogP contribution in [0.2, 0.25) is 0 Å². The molecular weight excluding hydrogens is 310 g/mol. The predicted molar refractivity (Wildman–Crippen MR) is 101 cm³/mol. The lowest BCUT2D eigenvalue weighted by atomic mass is 9.97. The monoisotopic (exact) mass is 335 g/mol. The van der Waals surface area contributed by atoms with E-state index >= 15 is 0 Å². The van der Waals surface area contributed by atoms with Crippen LogP contribution in [-0.4, -0.2) is 35.1 Å². The van der Waals surface area contributed by atoms with E-state index in [1.54, 1.807) is 0 Å². The molecule has 3 rings (SSSR count). The molecule has 2 aromatic carbocycles. The molecule has 130 valence electrons. The topological polar surface area (TPSA) is 40.5 Å². The van der Waals surface area contributed by atoms with Gasteiger partial charge in [0.25, 0.3) is 0 Å². The van der Waals surface area contributed by atoms with Crippen LogP contribution >= 0.6 is 0 Å². The van der Waals surface area contributed by atoms with E-state index in [1.165, 1.54) is 16.7 Å². The molecule has 0 spiro atoms. The SMILES string of the molecule is O=C(O)C[C@H]1CCCN1CCC=C(c1ccccc1)c1ccccc1. The number of likely N-dealkylation sites (tertiary alicyclic amines) is 1. The van der Waals surface area contributed by atoms with E-state index in [0.717, 1.165) is 32.4 Å². The molecule has 0 radical (unpaired) electrons. The Morgan fingerprint density at radius 2 is 1.64 bits per heavy atom. The molecule has 25 heavy (non-hydrogen) atoms. The molecule has 1 atom stereocenters. The summed E-state index contributed by atoms with van der Waals surface area (Å²) in [6.45, 7) is 1.93. The van der Waals surface area contributed by atoms with Gasteiger partial charge in [-0.25, -0.2) is 0 Å². The quantitative estimate of drug-likeness (QED) is 0.813. The van der Waals surface area contributed by atoms with Crippen molar-refractivity contribution < 1.29 is 9.90 Å². The minimum absolute atomic E-state index is 0.197. The fourth-order valence-electron chi connectivity index (χ4n) is 3.63.